The predicted molar refractivity (Wildman–Crippen MR) is 109 cm³/mol. The molecule has 26 heavy (non-hydrogen) atoms. The van der Waals surface area contributed by atoms with Gasteiger partial charge in [0.1, 0.15) is 0 Å². The number of rotatable bonds is 2. The molecule has 0 unspecified atom stereocenters. The van der Waals surface area contributed by atoms with E-state index in [4.69, 9.17) is 0 Å². The van der Waals surface area contributed by atoms with Gasteiger partial charge < -0.3 is 15.1 Å². The summed E-state index contributed by atoms with van der Waals surface area (Å²) in [6, 6.07) is 16.7. The molecular formula is C22H29N3O. The number of nitrogens with zero attached hydrogens (tertiary/aromatic N) is 2. The third-order valence-electron chi connectivity index (χ3n) is 4.94. The van der Waals surface area contributed by atoms with Gasteiger partial charge in [0.25, 0.3) is 0 Å². The second-order valence-electron chi connectivity index (χ2n) is 8.04. The van der Waals surface area contributed by atoms with Crippen LogP contribution in [0.4, 0.5) is 16.2 Å². The van der Waals surface area contributed by atoms with E-state index in [1.165, 1.54) is 11.3 Å². The number of amides is 2. The molecule has 1 aliphatic heterocycles. The molecule has 0 spiro atoms. The second-order valence-corrected chi connectivity index (χ2v) is 8.04. The summed E-state index contributed by atoms with van der Waals surface area (Å²) in [6.45, 7) is 11.8. The van der Waals surface area contributed by atoms with Crippen LogP contribution in [0.2, 0.25) is 0 Å². The van der Waals surface area contributed by atoms with Crippen LogP contribution < -0.4 is 10.2 Å². The van der Waals surface area contributed by atoms with Crippen LogP contribution in [0.3, 0.4) is 0 Å². The van der Waals surface area contributed by atoms with Crippen molar-refractivity contribution in [2.75, 3.05) is 36.4 Å². The van der Waals surface area contributed by atoms with Crippen LogP contribution in [-0.4, -0.2) is 37.1 Å². The van der Waals surface area contributed by atoms with E-state index >= 15 is 0 Å². The predicted octanol–water partition coefficient (Wildman–Crippen LogP) is 4.65. The lowest BCUT2D eigenvalue weighted by Gasteiger charge is -2.36. The minimum atomic E-state index is -0.00902. The molecule has 1 N–H and O–H groups in total. The number of anilines is 2. The Balaban J connectivity index is 1.62. The summed E-state index contributed by atoms with van der Waals surface area (Å²) in [5.74, 6) is 0. The number of para-hydroxylation sites is 1. The van der Waals surface area contributed by atoms with E-state index in [1.54, 1.807) is 0 Å². The van der Waals surface area contributed by atoms with Gasteiger partial charge in [0.15, 0.2) is 0 Å². The highest BCUT2D eigenvalue weighted by atomic mass is 16.2. The first-order chi connectivity index (χ1) is 12.3. The molecule has 0 aromatic heterocycles. The summed E-state index contributed by atoms with van der Waals surface area (Å²) in [5, 5.41) is 3.12. The van der Waals surface area contributed by atoms with Crippen molar-refractivity contribution < 1.29 is 4.79 Å². The average Bonchev–Trinajstić information content (AvgIpc) is 2.62. The van der Waals surface area contributed by atoms with Crippen LogP contribution in [-0.2, 0) is 5.41 Å². The Bertz CT molecular complexity index is 754. The number of carbonyl (C=O) groups is 1. The molecule has 138 valence electrons. The summed E-state index contributed by atoms with van der Waals surface area (Å²) in [7, 11) is 0. The Morgan fingerprint density at radius 1 is 0.923 bits per heavy atom. The molecule has 1 aliphatic rings. The van der Waals surface area contributed by atoms with E-state index in [-0.39, 0.29) is 11.4 Å². The molecule has 0 atom stereocenters. The minimum absolute atomic E-state index is 0.00594. The summed E-state index contributed by atoms with van der Waals surface area (Å²) < 4.78 is 0. The van der Waals surface area contributed by atoms with E-state index in [2.05, 4.69) is 68.2 Å². The number of piperazine rings is 1. The number of hydrogen-bond donors (Lipinski definition) is 1. The van der Waals surface area contributed by atoms with Crippen molar-refractivity contribution in [3.63, 3.8) is 0 Å². The maximum absolute atomic E-state index is 12.7. The standard InChI is InChI=1S/C22H29N3O/c1-17-9-11-18(12-10-17)24-13-15-25(16-14-24)21(26)23-20-8-6-5-7-19(20)22(2,3)4/h5-12H,13-16H2,1-4H3,(H,23,26). The summed E-state index contributed by atoms with van der Waals surface area (Å²) in [4.78, 5) is 17.0. The van der Waals surface area contributed by atoms with Gasteiger partial charge in [0, 0.05) is 37.6 Å². The molecule has 0 radical (unpaired) electrons. The number of hydrogen-bond acceptors (Lipinski definition) is 2. The molecule has 1 heterocycles. The van der Waals surface area contributed by atoms with Gasteiger partial charge in [0.2, 0.25) is 0 Å². The maximum Gasteiger partial charge on any atom is 0.321 e. The summed E-state index contributed by atoms with van der Waals surface area (Å²) >= 11 is 0. The Labute approximate surface area is 156 Å². The minimum Gasteiger partial charge on any atom is -0.368 e. The van der Waals surface area contributed by atoms with Gasteiger partial charge in [-0.2, -0.15) is 0 Å². The molecule has 0 saturated carbocycles. The fraction of sp³-hybridized carbons (Fsp3) is 0.409. The Morgan fingerprint density at radius 2 is 1.54 bits per heavy atom. The second kappa shape index (κ2) is 7.40. The SMILES string of the molecule is Cc1ccc(N2CCN(C(=O)Nc3ccccc3C(C)(C)C)CC2)cc1. The van der Waals surface area contributed by atoms with Gasteiger partial charge in [-0.3, -0.25) is 0 Å². The zero-order valence-corrected chi connectivity index (χ0v) is 16.2. The number of aryl methyl sites for hydroxylation is 1. The molecule has 2 aromatic carbocycles. The highest BCUT2D eigenvalue weighted by Crippen LogP contribution is 2.29. The zero-order chi connectivity index (χ0) is 18.7. The Hall–Kier alpha value is -2.49. The molecule has 2 amide bonds. The van der Waals surface area contributed by atoms with E-state index < -0.39 is 0 Å². The first kappa shape index (κ1) is 18.3. The lowest BCUT2D eigenvalue weighted by molar-refractivity contribution is 0.208. The smallest absolute Gasteiger partial charge is 0.321 e. The fourth-order valence-corrected chi connectivity index (χ4v) is 3.36. The number of benzene rings is 2. The number of carbonyl (C=O) groups excluding carboxylic acids is 1. The normalized spacial score (nSPS) is 15.1. The van der Waals surface area contributed by atoms with Gasteiger partial charge in [-0.1, -0.05) is 56.7 Å². The number of nitrogens with one attached hydrogen (secondary N) is 1. The highest BCUT2D eigenvalue weighted by Gasteiger charge is 2.23. The van der Waals surface area contributed by atoms with Gasteiger partial charge in [-0.05, 0) is 36.1 Å². The summed E-state index contributed by atoms with van der Waals surface area (Å²) in [6.07, 6.45) is 0. The maximum atomic E-state index is 12.7. The van der Waals surface area contributed by atoms with Crippen molar-refractivity contribution in [3.8, 4) is 0 Å². The van der Waals surface area contributed by atoms with Crippen molar-refractivity contribution >= 4 is 17.4 Å². The quantitative estimate of drug-likeness (QED) is 0.855. The van der Waals surface area contributed by atoms with Crippen molar-refractivity contribution in [1.29, 1.82) is 0 Å². The topological polar surface area (TPSA) is 35.6 Å². The van der Waals surface area contributed by atoms with E-state index in [0.717, 1.165) is 37.4 Å². The fourth-order valence-electron chi connectivity index (χ4n) is 3.36. The molecular weight excluding hydrogens is 322 g/mol. The first-order valence-electron chi connectivity index (χ1n) is 9.31. The van der Waals surface area contributed by atoms with Crippen molar-refractivity contribution in [2.45, 2.75) is 33.1 Å². The van der Waals surface area contributed by atoms with Crippen LogP contribution in [0.15, 0.2) is 48.5 Å². The van der Waals surface area contributed by atoms with Crippen molar-refractivity contribution in [2.24, 2.45) is 0 Å². The molecule has 4 heteroatoms. The molecule has 1 saturated heterocycles. The molecule has 0 bridgehead atoms. The Morgan fingerprint density at radius 3 is 2.15 bits per heavy atom. The molecule has 0 aliphatic carbocycles. The van der Waals surface area contributed by atoms with Crippen LogP contribution in [0.5, 0.6) is 0 Å². The third kappa shape index (κ3) is 4.18. The van der Waals surface area contributed by atoms with E-state index in [0.29, 0.717) is 0 Å². The third-order valence-corrected chi connectivity index (χ3v) is 4.94. The van der Waals surface area contributed by atoms with Crippen molar-refractivity contribution in [3.05, 3.63) is 59.7 Å². The van der Waals surface area contributed by atoms with Crippen molar-refractivity contribution in [1.82, 2.24) is 4.90 Å². The lowest BCUT2D eigenvalue weighted by atomic mass is 9.86. The van der Waals surface area contributed by atoms with Gasteiger partial charge in [0.05, 0.1) is 0 Å². The van der Waals surface area contributed by atoms with E-state index in [1.807, 2.05) is 23.1 Å². The largest absolute Gasteiger partial charge is 0.368 e. The Kier molecular flexibility index (Phi) is 5.21. The highest BCUT2D eigenvalue weighted by molar-refractivity contribution is 5.90. The first-order valence-corrected chi connectivity index (χ1v) is 9.31. The van der Waals surface area contributed by atoms with E-state index in [9.17, 15) is 4.79 Å². The van der Waals surface area contributed by atoms with Crippen LogP contribution in [0.1, 0.15) is 31.9 Å². The number of urea groups is 1. The van der Waals surface area contributed by atoms with Gasteiger partial charge >= 0.3 is 6.03 Å². The lowest BCUT2D eigenvalue weighted by Crippen LogP contribution is -2.50. The molecule has 1 fully saturated rings. The average molecular weight is 351 g/mol. The van der Waals surface area contributed by atoms with Crippen LogP contribution in [0.25, 0.3) is 0 Å². The molecule has 4 nitrogen and oxygen atoms in total. The monoisotopic (exact) mass is 351 g/mol. The zero-order valence-electron chi connectivity index (χ0n) is 16.2. The van der Waals surface area contributed by atoms with Gasteiger partial charge in [-0.15, -0.1) is 0 Å². The summed E-state index contributed by atoms with van der Waals surface area (Å²) in [5.41, 5.74) is 4.56. The van der Waals surface area contributed by atoms with Crippen LogP contribution >= 0.6 is 0 Å². The van der Waals surface area contributed by atoms with Gasteiger partial charge in [-0.25, -0.2) is 4.79 Å². The molecule has 2 aromatic rings. The molecule has 3 rings (SSSR count). The van der Waals surface area contributed by atoms with Crippen LogP contribution in [0, 0.1) is 6.92 Å².